The van der Waals surface area contributed by atoms with E-state index in [1.165, 1.54) is 0 Å². The smallest absolute Gasteiger partial charge is 0.146 e. The lowest BCUT2D eigenvalue weighted by molar-refractivity contribution is -0.105. The second kappa shape index (κ2) is 6.28. The predicted octanol–water partition coefficient (Wildman–Crippen LogP) is 4.19. The van der Waals surface area contributed by atoms with Crippen LogP contribution in [0, 0.1) is 18.3 Å². The quantitative estimate of drug-likeness (QED) is 0.713. The molecule has 0 saturated carbocycles. The first-order chi connectivity index (χ1) is 12.9. The number of nitriles is 1. The van der Waals surface area contributed by atoms with E-state index in [4.69, 9.17) is 21.6 Å². The number of fused-ring (bicyclic) bond motifs is 2. The summed E-state index contributed by atoms with van der Waals surface area (Å²) in [5.74, 6) is 0.597. The van der Waals surface area contributed by atoms with Gasteiger partial charge in [0.1, 0.15) is 11.5 Å². The molecule has 1 aliphatic heterocycles. The average Bonchev–Trinajstić information content (AvgIpc) is 3.25. The molecule has 0 radical (unpaired) electrons. The van der Waals surface area contributed by atoms with Gasteiger partial charge in [0.05, 0.1) is 34.8 Å². The van der Waals surface area contributed by atoms with Gasteiger partial charge >= 0.3 is 0 Å². The third kappa shape index (κ3) is 2.69. The summed E-state index contributed by atoms with van der Waals surface area (Å²) in [4.78, 5) is 5.16. The van der Waals surface area contributed by atoms with Gasteiger partial charge < -0.3 is 14.8 Å². The highest BCUT2D eigenvalue weighted by molar-refractivity contribution is 6.36. The largest absolute Gasteiger partial charge is 0.496 e. The highest BCUT2D eigenvalue weighted by Crippen LogP contribution is 2.44. The van der Waals surface area contributed by atoms with Gasteiger partial charge in [-0.1, -0.05) is 17.7 Å². The lowest BCUT2D eigenvalue weighted by atomic mass is 9.95. The number of aryl methyl sites for hydroxylation is 1. The molecule has 1 aliphatic rings. The van der Waals surface area contributed by atoms with Crippen molar-refractivity contribution in [1.29, 1.82) is 5.26 Å². The van der Waals surface area contributed by atoms with Gasteiger partial charge in [0.15, 0.2) is 0 Å². The molecule has 1 aromatic heterocycles. The van der Waals surface area contributed by atoms with Gasteiger partial charge in [-0.2, -0.15) is 5.26 Å². The molecule has 3 aromatic rings. The standard InChI is InChI=1S/C21H20ClN3O2/c1-12-6-17(27-3)19(18-16(22)9-24-20(12)18)21(2,26)25-10-14-5-4-13(8-23)7-15(14)11-25/h4-7,9,24,26H,10-11H2,1-3H3. The number of hydrogen-bond donors (Lipinski definition) is 2. The SMILES string of the molecule is COc1cc(C)c2[nH]cc(Cl)c2c1C(C)(O)N1Cc2ccc(C#N)cc2C1. The van der Waals surface area contributed by atoms with E-state index in [9.17, 15) is 5.11 Å². The molecule has 2 aromatic carbocycles. The Morgan fingerprint density at radius 1 is 1.30 bits per heavy atom. The van der Waals surface area contributed by atoms with Crippen molar-refractivity contribution < 1.29 is 9.84 Å². The summed E-state index contributed by atoms with van der Waals surface area (Å²) in [5.41, 5.74) is 4.00. The van der Waals surface area contributed by atoms with E-state index in [-0.39, 0.29) is 0 Å². The highest BCUT2D eigenvalue weighted by atomic mass is 35.5. The maximum atomic E-state index is 11.6. The first-order valence-electron chi connectivity index (χ1n) is 8.70. The van der Waals surface area contributed by atoms with Crippen molar-refractivity contribution in [2.24, 2.45) is 0 Å². The Kier molecular flexibility index (Phi) is 4.15. The third-order valence-corrected chi connectivity index (χ3v) is 5.74. The zero-order valence-electron chi connectivity index (χ0n) is 15.4. The summed E-state index contributed by atoms with van der Waals surface area (Å²) in [7, 11) is 1.60. The van der Waals surface area contributed by atoms with Gasteiger partial charge in [-0.3, -0.25) is 4.90 Å². The van der Waals surface area contributed by atoms with Crippen LogP contribution in [0.1, 0.15) is 34.7 Å². The Balaban J connectivity index is 1.85. The molecular weight excluding hydrogens is 362 g/mol. The molecule has 6 heteroatoms. The zero-order valence-corrected chi connectivity index (χ0v) is 16.2. The van der Waals surface area contributed by atoms with Gasteiger partial charge in [-0.15, -0.1) is 0 Å². The van der Waals surface area contributed by atoms with Crippen LogP contribution in [0.25, 0.3) is 10.9 Å². The first kappa shape index (κ1) is 17.9. The van der Waals surface area contributed by atoms with E-state index < -0.39 is 5.72 Å². The average molecular weight is 382 g/mol. The molecule has 2 heterocycles. The van der Waals surface area contributed by atoms with E-state index >= 15 is 0 Å². The normalized spacial score (nSPS) is 16.1. The summed E-state index contributed by atoms with van der Waals surface area (Å²) in [6.07, 6.45) is 1.73. The minimum atomic E-state index is -1.31. The number of methoxy groups -OCH3 is 1. The summed E-state index contributed by atoms with van der Waals surface area (Å²) in [6.45, 7) is 4.86. The molecule has 0 spiro atoms. The number of nitrogens with one attached hydrogen (secondary N) is 1. The van der Waals surface area contributed by atoms with E-state index in [1.54, 1.807) is 20.2 Å². The maximum Gasteiger partial charge on any atom is 0.146 e. The molecule has 4 rings (SSSR count). The van der Waals surface area contributed by atoms with Crippen LogP contribution in [-0.2, 0) is 18.8 Å². The topological polar surface area (TPSA) is 72.3 Å². The fraction of sp³-hybridized carbons (Fsp3) is 0.286. The molecule has 0 amide bonds. The van der Waals surface area contributed by atoms with Gasteiger partial charge in [0.25, 0.3) is 0 Å². The predicted molar refractivity (Wildman–Crippen MR) is 105 cm³/mol. The number of benzene rings is 2. The number of ether oxygens (including phenoxy) is 1. The molecule has 0 saturated heterocycles. The molecule has 1 unspecified atom stereocenters. The Bertz CT molecular complexity index is 1090. The fourth-order valence-corrected chi connectivity index (χ4v) is 4.22. The lowest BCUT2D eigenvalue weighted by Crippen LogP contribution is -2.40. The summed E-state index contributed by atoms with van der Waals surface area (Å²) in [5, 5.41) is 22.1. The molecule has 138 valence electrons. The zero-order chi connectivity index (χ0) is 19.3. The first-order valence-corrected chi connectivity index (χ1v) is 9.08. The van der Waals surface area contributed by atoms with Crippen LogP contribution in [0.2, 0.25) is 5.02 Å². The Hall–Kier alpha value is -2.52. The molecule has 2 N–H and O–H groups in total. The number of aromatic nitrogens is 1. The second-order valence-corrected chi connectivity index (χ2v) is 7.54. The van der Waals surface area contributed by atoms with Crippen molar-refractivity contribution in [3.05, 3.63) is 63.3 Å². The monoisotopic (exact) mass is 381 g/mol. The number of hydrogen-bond acceptors (Lipinski definition) is 4. The van der Waals surface area contributed by atoms with E-state index in [1.807, 2.05) is 36.1 Å². The number of rotatable bonds is 3. The van der Waals surface area contributed by atoms with E-state index in [0.29, 0.717) is 35.0 Å². The number of nitrogens with zero attached hydrogens (tertiary/aromatic N) is 2. The van der Waals surface area contributed by atoms with Crippen LogP contribution in [0.3, 0.4) is 0 Å². The molecule has 0 fully saturated rings. The number of H-pyrrole nitrogens is 1. The number of aliphatic hydroxyl groups is 1. The van der Waals surface area contributed by atoms with Crippen LogP contribution in [-0.4, -0.2) is 22.1 Å². The van der Waals surface area contributed by atoms with E-state index in [2.05, 4.69) is 11.1 Å². The minimum Gasteiger partial charge on any atom is -0.496 e. The maximum absolute atomic E-state index is 11.6. The Morgan fingerprint density at radius 2 is 2.04 bits per heavy atom. The van der Waals surface area contributed by atoms with E-state index in [0.717, 1.165) is 27.6 Å². The van der Waals surface area contributed by atoms with Crippen LogP contribution in [0.4, 0.5) is 0 Å². The fourth-order valence-electron chi connectivity index (χ4n) is 3.98. The minimum absolute atomic E-state index is 0.540. The third-order valence-electron chi connectivity index (χ3n) is 5.44. The molecule has 1 atom stereocenters. The van der Waals surface area contributed by atoms with Crippen molar-refractivity contribution in [2.45, 2.75) is 32.7 Å². The van der Waals surface area contributed by atoms with Crippen LogP contribution < -0.4 is 4.74 Å². The van der Waals surface area contributed by atoms with Crippen LogP contribution in [0.15, 0.2) is 30.5 Å². The van der Waals surface area contributed by atoms with Crippen molar-refractivity contribution in [3.63, 3.8) is 0 Å². The van der Waals surface area contributed by atoms with Crippen molar-refractivity contribution in [3.8, 4) is 11.8 Å². The van der Waals surface area contributed by atoms with Gasteiger partial charge in [0.2, 0.25) is 0 Å². The Morgan fingerprint density at radius 3 is 2.74 bits per heavy atom. The second-order valence-electron chi connectivity index (χ2n) is 7.13. The Labute approximate surface area is 162 Å². The highest BCUT2D eigenvalue weighted by Gasteiger charge is 2.39. The van der Waals surface area contributed by atoms with Crippen molar-refractivity contribution >= 4 is 22.5 Å². The summed E-state index contributed by atoms with van der Waals surface area (Å²) < 4.78 is 5.62. The van der Waals surface area contributed by atoms with Gasteiger partial charge in [-0.25, -0.2) is 0 Å². The number of halogens is 1. The summed E-state index contributed by atoms with van der Waals surface area (Å²) >= 11 is 6.47. The molecule has 0 bridgehead atoms. The molecule has 0 aliphatic carbocycles. The van der Waals surface area contributed by atoms with Gasteiger partial charge in [-0.05, 0) is 48.7 Å². The van der Waals surface area contributed by atoms with Crippen molar-refractivity contribution in [1.82, 2.24) is 9.88 Å². The molecule has 5 nitrogen and oxygen atoms in total. The van der Waals surface area contributed by atoms with Crippen LogP contribution >= 0.6 is 11.6 Å². The molecular formula is C21H20ClN3O2. The lowest BCUT2D eigenvalue weighted by Gasteiger charge is -2.35. The van der Waals surface area contributed by atoms with Crippen LogP contribution in [0.5, 0.6) is 5.75 Å². The summed E-state index contributed by atoms with van der Waals surface area (Å²) in [6, 6.07) is 9.73. The van der Waals surface area contributed by atoms with Gasteiger partial charge in [0, 0.05) is 24.7 Å². The molecule has 27 heavy (non-hydrogen) atoms. The van der Waals surface area contributed by atoms with Crippen molar-refractivity contribution in [2.75, 3.05) is 7.11 Å². The number of aromatic amines is 1.